The molecule has 104 valence electrons. The number of rotatable bonds is 1. The van der Waals surface area contributed by atoms with E-state index in [0.717, 1.165) is 50.0 Å². The molecule has 3 aliphatic rings. The molecule has 2 fully saturated rings. The Kier molecular flexibility index (Phi) is 2.58. The van der Waals surface area contributed by atoms with Crippen LogP contribution in [0, 0.1) is 5.92 Å². The molecule has 2 heterocycles. The molecule has 1 spiro atoms. The zero-order chi connectivity index (χ0) is 12.9. The molecule has 1 saturated heterocycles. The second kappa shape index (κ2) is 4.10. The highest BCUT2D eigenvalue weighted by Crippen LogP contribution is 2.52. The van der Waals surface area contributed by atoms with E-state index in [2.05, 4.69) is 0 Å². The van der Waals surface area contributed by atoms with E-state index >= 15 is 0 Å². The summed E-state index contributed by atoms with van der Waals surface area (Å²) in [5.74, 6) is 1.33. The quantitative estimate of drug-likeness (QED) is 0.845. The van der Waals surface area contributed by atoms with E-state index in [1.807, 2.05) is 6.07 Å². The van der Waals surface area contributed by atoms with Crippen LogP contribution < -0.4 is 0 Å². The van der Waals surface area contributed by atoms with Gasteiger partial charge in [0.1, 0.15) is 5.76 Å². The van der Waals surface area contributed by atoms with E-state index in [0.29, 0.717) is 5.92 Å². The Morgan fingerprint density at radius 1 is 1.21 bits per heavy atom. The van der Waals surface area contributed by atoms with Crippen molar-refractivity contribution in [3.63, 3.8) is 0 Å². The van der Waals surface area contributed by atoms with Crippen molar-refractivity contribution in [2.24, 2.45) is 5.92 Å². The van der Waals surface area contributed by atoms with Crippen molar-refractivity contribution < 1.29 is 14.3 Å². The summed E-state index contributed by atoms with van der Waals surface area (Å²) in [6.45, 7) is 0.806. The smallest absolute Gasteiger partial charge is 0.109 e. The molecule has 1 aromatic rings. The normalized spacial score (nSPS) is 36.8. The van der Waals surface area contributed by atoms with Crippen LogP contribution in [0.15, 0.2) is 16.7 Å². The number of furan rings is 1. The van der Waals surface area contributed by atoms with Crippen molar-refractivity contribution in [3.8, 4) is 0 Å². The molecule has 2 unspecified atom stereocenters. The summed E-state index contributed by atoms with van der Waals surface area (Å²) in [4.78, 5) is 0. The number of hydrogen-bond acceptors (Lipinski definition) is 3. The van der Waals surface area contributed by atoms with Gasteiger partial charge in [-0.05, 0) is 56.9 Å². The first kappa shape index (κ1) is 12.0. The first-order valence-corrected chi connectivity index (χ1v) is 7.65. The van der Waals surface area contributed by atoms with E-state index < -0.39 is 5.60 Å². The molecule has 4 rings (SSSR count). The Morgan fingerprint density at radius 3 is 2.89 bits per heavy atom. The summed E-state index contributed by atoms with van der Waals surface area (Å²) in [5, 5.41) is 11.3. The molecule has 0 aromatic carbocycles. The predicted molar refractivity (Wildman–Crippen MR) is 70.8 cm³/mol. The van der Waals surface area contributed by atoms with E-state index in [-0.39, 0.29) is 5.60 Å². The Balaban J connectivity index is 1.65. The molecule has 19 heavy (non-hydrogen) atoms. The molecule has 2 atom stereocenters. The van der Waals surface area contributed by atoms with Crippen LogP contribution >= 0.6 is 0 Å². The SMILES string of the molecule is OC1(C2CCOC3(CCC3)C2)CCCc2occc21. The molecule has 3 nitrogen and oxygen atoms in total. The van der Waals surface area contributed by atoms with Crippen LogP contribution in [-0.4, -0.2) is 17.3 Å². The standard InChI is InChI=1S/C16H22O3/c17-16(8-1-3-14-13(16)5-9-18-14)12-4-10-19-15(11-12)6-2-7-15/h5,9,12,17H,1-4,6-8,10-11H2. The minimum Gasteiger partial charge on any atom is -0.469 e. The average Bonchev–Trinajstić information content (AvgIpc) is 2.87. The van der Waals surface area contributed by atoms with Gasteiger partial charge in [-0.25, -0.2) is 0 Å². The molecule has 0 bridgehead atoms. The fourth-order valence-electron chi connectivity index (χ4n) is 4.35. The molecule has 2 aliphatic carbocycles. The number of ether oxygens (including phenoxy) is 1. The van der Waals surface area contributed by atoms with Crippen molar-refractivity contribution in [1.82, 2.24) is 0 Å². The first-order valence-electron chi connectivity index (χ1n) is 7.65. The molecule has 0 amide bonds. The molecule has 1 aromatic heterocycles. The van der Waals surface area contributed by atoms with Crippen molar-refractivity contribution in [2.45, 2.75) is 62.6 Å². The van der Waals surface area contributed by atoms with E-state index in [1.54, 1.807) is 6.26 Å². The highest BCUT2D eigenvalue weighted by molar-refractivity contribution is 5.29. The number of aliphatic hydroxyl groups is 1. The number of aryl methyl sites for hydroxylation is 1. The summed E-state index contributed by atoms with van der Waals surface area (Å²) in [6.07, 6.45) is 10.2. The fraction of sp³-hybridized carbons (Fsp3) is 0.750. The van der Waals surface area contributed by atoms with Gasteiger partial charge in [-0.1, -0.05) is 0 Å². The minimum absolute atomic E-state index is 0.0972. The Morgan fingerprint density at radius 2 is 2.11 bits per heavy atom. The molecular formula is C16H22O3. The predicted octanol–water partition coefficient (Wildman–Crippen LogP) is 3.15. The minimum atomic E-state index is -0.674. The van der Waals surface area contributed by atoms with Gasteiger partial charge in [0.15, 0.2) is 0 Å². The average molecular weight is 262 g/mol. The lowest BCUT2D eigenvalue weighted by molar-refractivity contribution is -0.180. The maximum absolute atomic E-state index is 11.3. The summed E-state index contributed by atoms with van der Waals surface area (Å²) >= 11 is 0. The number of fused-ring (bicyclic) bond motifs is 1. The maximum Gasteiger partial charge on any atom is 0.109 e. The van der Waals surface area contributed by atoms with Crippen LogP contribution in [-0.2, 0) is 16.8 Å². The van der Waals surface area contributed by atoms with E-state index in [4.69, 9.17) is 9.15 Å². The Bertz CT molecular complexity index is 474. The van der Waals surface area contributed by atoms with Crippen molar-refractivity contribution in [2.75, 3.05) is 6.61 Å². The zero-order valence-electron chi connectivity index (χ0n) is 11.4. The largest absolute Gasteiger partial charge is 0.469 e. The van der Waals surface area contributed by atoms with Crippen LogP contribution in [0.5, 0.6) is 0 Å². The van der Waals surface area contributed by atoms with Crippen LogP contribution in [0.4, 0.5) is 0 Å². The topological polar surface area (TPSA) is 42.6 Å². The third kappa shape index (κ3) is 1.71. The monoisotopic (exact) mass is 262 g/mol. The third-order valence-electron chi connectivity index (χ3n) is 5.61. The van der Waals surface area contributed by atoms with Gasteiger partial charge in [-0.3, -0.25) is 0 Å². The number of hydrogen-bond donors (Lipinski definition) is 1. The molecule has 1 aliphatic heterocycles. The van der Waals surface area contributed by atoms with E-state index in [1.165, 1.54) is 19.3 Å². The molecule has 1 N–H and O–H groups in total. The van der Waals surface area contributed by atoms with Crippen molar-refractivity contribution in [1.29, 1.82) is 0 Å². The lowest BCUT2D eigenvalue weighted by Crippen LogP contribution is -2.51. The van der Waals surface area contributed by atoms with Gasteiger partial charge in [0.2, 0.25) is 0 Å². The van der Waals surface area contributed by atoms with Gasteiger partial charge in [-0.15, -0.1) is 0 Å². The first-order chi connectivity index (χ1) is 9.22. The van der Waals surface area contributed by atoms with Crippen LogP contribution in [0.25, 0.3) is 0 Å². The van der Waals surface area contributed by atoms with Crippen molar-refractivity contribution in [3.05, 3.63) is 23.7 Å². The van der Waals surface area contributed by atoms with Gasteiger partial charge in [0.25, 0.3) is 0 Å². The molecule has 3 heteroatoms. The van der Waals surface area contributed by atoms with Gasteiger partial charge in [0, 0.05) is 18.6 Å². The lowest BCUT2D eigenvalue weighted by atomic mass is 9.64. The highest BCUT2D eigenvalue weighted by atomic mass is 16.5. The lowest BCUT2D eigenvalue weighted by Gasteiger charge is -2.51. The molecule has 1 saturated carbocycles. The summed E-state index contributed by atoms with van der Waals surface area (Å²) in [5.41, 5.74) is 0.479. The van der Waals surface area contributed by atoms with Crippen LogP contribution in [0.2, 0.25) is 0 Å². The molecule has 0 radical (unpaired) electrons. The van der Waals surface area contributed by atoms with Crippen LogP contribution in [0.3, 0.4) is 0 Å². The molecular weight excluding hydrogens is 240 g/mol. The van der Waals surface area contributed by atoms with Crippen LogP contribution in [0.1, 0.15) is 56.3 Å². The maximum atomic E-state index is 11.3. The van der Waals surface area contributed by atoms with Gasteiger partial charge >= 0.3 is 0 Å². The van der Waals surface area contributed by atoms with E-state index in [9.17, 15) is 5.11 Å². The zero-order valence-corrected chi connectivity index (χ0v) is 11.4. The summed E-state index contributed by atoms with van der Waals surface area (Å²) in [6, 6.07) is 1.98. The Labute approximate surface area is 113 Å². The summed E-state index contributed by atoms with van der Waals surface area (Å²) in [7, 11) is 0. The highest BCUT2D eigenvalue weighted by Gasteiger charge is 2.50. The van der Waals surface area contributed by atoms with Gasteiger partial charge in [0.05, 0.1) is 17.5 Å². The third-order valence-corrected chi connectivity index (χ3v) is 5.61. The second-order valence-corrected chi connectivity index (χ2v) is 6.61. The Hall–Kier alpha value is -0.800. The van der Waals surface area contributed by atoms with Gasteiger partial charge in [-0.2, -0.15) is 0 Å². The fourth-order valence-corrected chi connectivity index (χ4v) is 4.35. The van der Waals surface area contributed by atoms with Gasteiger partial charge < -0.3 is 14.3 Å². The van der Waals surface area contributed by atoms with Crippen molar-refractivity contribution >= 4 is 0 Å². The second-order valence-electron chi connectivity index (χ2n) is 6.61. The summed E-state index contributed by atoms with van der Waals surface area (Å²) < 4.78 is 11.5.